The lowest BCUT2D eigenvalue weighted by molar-refractivity contribution is -0.117. The van der Waals surface area contributed by atoms with Crippen molar-refractivity contribution in [1.82, 2.24) is 9.97 Å². The van der Waals surface area contributed by atoms with Crippen LogP contribution in [0.1, 0.15) is 13.3 Å². The van der Waals surface area contributed by atoms with Gasteiger partial charge in [-0.1, -0.05) is 6.92 Å². The molecule has 20 heavy (non-hydrogen) atoms. The lowest BCUT2D eigenvalue weighted by atomic mass is 10.2. The normalized spacial score (nSPS) is 10.7. The zero-order valence-electron chi connectivity index (χ0n) is 11.0. The zero-order valence-corrected chi connectivity index (χ0v) is 11.8. The Labute approximate surface area is 120 Å². The highest BCUT2D eigenvalue weighted by molar-refractivity contribution is 7.17. The Hall–Kier alpha value is -2.27. The van der Waals surface area contributed by atoms with Crippen LogP contribution in [0.5, 0.6) is 0 Å². The predicted molar refractivity (Wildman–Crippen MR) is 81.3 cm³/mol. The third-order valence-corrected chi connectivity index (χ3v) is 3.93. The Balaban J connectivity index is 2.17. The second kappa shape index (κ2) is 5.38. The number of anilines is 2. The van der Waals surface area contributed by atoms with Crippen LogP contribution in [0.3, 0.4) is 0 Å². The molecular weight excluding hydrogens is 270 g/mol. The summed E-state index contributed by atoms with van der Waals surface area (Å²) in [7, 11) is 0. The summed E-state index contributed by atoms with van der Waals surface area (Å²) in [5.41, 5.74) is 1.71. The molecule has 0 aromatic carbocycles. The van der Waals surface area contributed by atoms with Crippen LogP contribution >= 0.6 is 11.3 Å². The Morgan fingerprint density at radius 1 is 1.25 bits per heavy atom. The van der Waals surface area contributed by atoms with Gasteiger partial charge in [-0.05, 0) is 24.3 Å². The minimum Gasteiger partial charge on any atom is -0.279 e. The Kier molecular flexibility index (Phi) is 3.43. The van der Waals surface area contributed by atoms with Gasteiger partial charge in [0, 0.05) is 35.8 Å². The molecule has 3 rings (SSSR count). The van der Waals surface area contributed by atoms with Gasteiger partial charge < -0.3 is 0 Å². The second-order valence-electron chi connectivity index (χ2n) is 4.27. The molecule has 100 valence electrons. The third kappa shape index (κ3) is 2.16. The quantitative estimate of drug-likeness (QED) is 0.735. The molecule has 0 N–H and O–H groups in total. The summed E-state index contributed by atoms with van der Waals surface area (Å²) in [5, 5.41) is 2.97. The maximum Gasteiger partial charge on any atom is 0.231 e. The summed E-state index contributed by atoms with van der Waals surface area (Å²) in [6.45, 7) is 1.86. The Bertz CT molecular complexity index is 739. The lowest BCUT2D eigenvalue weighted by Crippen LogP contribution is -2.24. The second-order valence-corrected chi connectivity index (χ2v) is 5.12. The third-order valence-electron chi connectivity index (χ3n) is 3.04. The van der Waals surface area contributed by atoms with Crippen molar-refractivity contribution < 1.29 is 4.79 Å². The smallest absolute Gasteiger partial charge is 0.231 e. The first-order chi connectivity index (χ1) is 9.81. The molecule has 0 fully saturated rings. The molecule has 3 heterocycles. The Morgan fingerprint density at radius 3 is 2.80 bits per heavy atom. The van der Waals surface area contributed by atoms with Crippen molar-refractivity contribution in [2.45, 2.75) is 13.3 Å². The molecule has 0 unspecified atom stereocenters. The van der Waals surface area contributed by atoms with Crippen LogP contribution in [0.2, 0.25) is 0 Å². The largest absolute Gasteiger partial charge is 0.279 e. The first-order valence-corrected chi connectivity index (χ1v) is 7.24. The van der Waals surface area contributed by atoms with Gasteiger partial charge >= 0.3 is 0 Å². The SMILES string of the molecule is CCC(=O)N(c1ccncc1)c1csc2ncccc12. The molecule has 1 amide bonds. The number of pyridine rings is 2. The van der Waals surface area contributed by atoms with Gasteiger partial charge in [0.2, 0.25) is 5.91 Å². The maximum absolute atomic E-state index is 12.3. The average molecular weight is 283 g/mol. The summed E-state index contributed by atoms with van der Waals surface area (Å²) < 4.78 is 0. The van der Waals surface area contributed by atoms with E-state index in [4.69, 9.17) is 0 Å². The van der Waals surface area contributed by atoms with Gasteiger partial charge in [0.25, 0.3) is 0 Å². The van der Waals surface area contributed by atoms with Crippen molar-refractivity contribution in [1.29, 1.82) is 0 Å². The van der Waals surface area contributed by atoms with Crippen molar-refractivity contribution >= 4 is 38.8 Å². The molecule has 5 heteroatoms. The molecule has 4 nitrogen and oxygen atoms in total. The van der Waals surface area contributed by atoms with Gasteiger partial charge in [-0.2, -0.15) is 0 Å². The summed E-state index contributed by atoms with van der Waals surface area (Å²) in [6, 6.07) is 7.56. The number of nitrogens with zero attached hydrogens (tertiary/aromatic N) is 3. The zero-order chi connectivity index (χ0) is 13.9. The first-order valence-electron chi connectivity index (χ1n) is 6.36. The van der Waals surface area contributed by atoms with Crippen LogP contribution in [0, 0.1) is 0 Å². The fraction of sp³-hybridized carbons (Fsp3) is 0.133. The minimum absolute atomic E-state index is 0.0553. The van der Waals surface area contributed by atoms with Crippen molar-refractivity contribution in [2.24, 2.45) is 0 Å². The fourth-order valence-electron chi connectivity index (χ4n) is 2.10. The first kappa shape index (κ1) is 12.7. The van der Waals surface area contributed by atoms with Crippen LogP contribution in [-0.2, 0) is 4.79 Å². The van der Waals surface area contributed by atoms with Gasteiger partial charge in [0.05, 0.1) is 11.4 Å². The number of carbonyl (C=O) groups is 1. The summed E-state index contributed by atoms with van der Waals surface area (Å²) in [4.78, 5) is 23.4. The van der Waals surface area contributed by atoms with Crippen LogP contribution < -0.4 is 4.90 Å². The van der Waals surface area contributed by atoms with Crippen molar-refractivity contribution in [3.05, 3.63) is 48.2 Å². The molecule has 0 aliphatic rings. The van der Waals surface area contributed by atoms with Crippen molar-refractivity contribution in [3.8, 4) is 0 Å². The number of thiophene rings is 1. The number of hydrogen-bond donors (Lipinski definition) is 0. The van der Waals surface area contributed by atoms with E-state index in [9.17, 15) is 4.79 Å². The van der Waals surface area contributed by atoms with Crippen molar-refractivity contribution in [2.75, 3.05) is 4.90 Å². The topological polar surface area (TPSA) is 46.1 Å². The standard InChI is InChI=1S/C15H13N3OS/c1-2-14(19)18(11-5-8-16-9-6-11)13-10-20-15-12(13)4-3-7-17-15/h3-10H,2H2,1H3. The molecule has 0 saturated carbocycles. The molecular formula is C15H13N3OS. The number of fused-ring (bicyclic) bond motifs is 1. The van der Waals surface area contributed by atoms with Crippen LogP contribution in [0.15, 0.2) is 48.2 Å². The lowest BCUT2D eigenvalue weighted by Gasteiger charge is -2.21. The number of amides is 1. The molecule has 3 aromatic heterocycles. The molecule has 0 atom stereocenters. The van der Waals surface area contributed by atoms with Crippen LogP contribution in [-0.4, -0.2) is 15.9 Å². The highest BCUT2D eigenvalue weighted by atomic mass is 32.1. The van der Waals surface area contributed by atoms with E-state index in [1.807, 2.05) is 36.6 Å². The van der Waals surface area contributed by atoms with Gasteiger partial charge in [0.15, 0.2) is 0 Å². The number of carbonyl (C=O) groups excluding carboxylic acids is 1. The van der Waals surface area contributed by atoms with Gasteiger partial charge in [0.1, 0.15) is 4.83 Å². The average Bonchev–Trinajstić information content (AvgIpc) is 2.92. The van der Waals surface area contributed by atoms with Gasteiger partial charge in [-0.15, -0.1) is 11.3 Å². The van der Waals surface area contributed by atoms with E-state index >= 15 is 0 Å². The van der Waals surface area contributed by atoms with E-state index in [-0.39, 0.29) is 5.91 Å². The van der Waals surface area contributed by atoms with E-state index in [1.165, 1.54) is 0 Å². The Morgan fingerprint density at radius 2 is 2.05 bits per heavy atom. The monoisotopic (exact) mass is 283 g/mol. The van der Waals surface area contributed by atoms with E-state index < -0.39 is 0 Å². The molecule has 0 saturated heterocycles. The van der Waals surface area contributed by atoms with Gasteiger partial charge in [-0.3, -0.25) is 14.7 Å². The highest BCUT2D eigenvalue weighted by Crippen LogP contribution is 2.36. The van der Waals surface area contributed by atoms with E-state index in [0.717, 1.165) is 21.6 Å². The predicted octanol–water partition coefficient (Wildman–Crippen LogP) is 3.77. The van der Waals surface area contributed by atoms with E-state index in [1.54, 1.807) is 34.8 Å². The number of rotatable bonds is 3. The van der Waals surface area contributed by atoms with Crippen LogP contribution in [0.25, 0.3) is 10.2 Å². The summed E-state index contributed by atoms with van der Waals surface area (Å²) in [5.74, 6) is 0.0553. The van der Waals surface area contributed by atoms with E-state index in [0.29, 0.717) is 6.42 Å². The van der Waals surface area contributed by atoms with Gasteiger partial charge in [-0.25, -0.2) is 4.98 Å². The van der Waals surface area contributed by atoms with Crippen LogP contribution in [0.4, 0.5) is 11.4 Å². The molecule has 3 aromatic rings. The van der Waals surface area contributed by atoms with E-state index in [2.05, 4.69) is 9.97 Å². The summed E-state index contributed by atoms with van der Waals surface area (Å²) in [6.07, 6.45) is 5.59. The molecule has 0 radical (unpaired) electrons. The minimum atomic E-state index is 0.0553. The number of hydrogen-bond acceptors (Lipinski definition) is 4. The maximum atomic E-state index is 12.3. The summed E-state index contributed by atoms with van der Waals surface area (Å²) >= 11 is 1.54. The van der Waals surface area contributed by atoms with Crippen molar-refractivity contribution in [3.63, 3.8) is 0 Å². The molecule has 0 aliphatic heterocycles. The molecule has 0 spiro atoms. The fourth-order valence-corrected chi connectivity index (χ4v) is 2.97. The molecule has 0 bridgehead atoms. The molecule has 0 aliphatic carbocycles. The number of aromatic nitrogens is 2. The highest BCUT2D eigenvalue weighted by Gasteiger charge is 2.19.